The van der Waals surface area contributed by atoms with Crippen LogP contribution < -0.4 is 10.2 Å². The predicted molar refractivity (Wildman–Crippen MR) is 140 cm³/mol. The minimum atomic E-state index is 0.0179. The normalized spacial score (nSPS) is 19.0. The molecule has 4 aromatic heterocycles. The number of nitrogens with one attached hydrogen (secondary N) is 2. The Morgan fingerprint density at radius 1 is 1.03 bits per heavy atom. The maximum absolute atomic E-state index is 5.82. The van der Waals surface area contributed by atoms with Crippen molar-refractivity contribution in [3.05, 3.63) is 59.7 Å². The number of H-pyrrole nitrogens is 1. The van der Waals surface area contributed by atoms with E-state index in [0.29, 0.717) is 5.95 Å². The average molecular weight is 501 g/mol. The molecule has 6 rings (SSSR count). The smallest absolute Gasteiger partial charge is 0.228 e. The summed E-state index contributed by atoms with van der Waals surface area (Å²) >= 11 is 0. The maximum Gasteiger partial charge on any atom is 0.228 e. The summed E-state index contributed by atoms with van der Waals surface area (Å²) in [6, 6.07) is 11.8. The fraction of sp³-hybridized carbons (Fsp3) is 0.423. The lowest BCUT2D eigenvalue weighted by Crippen LogP contribution is -2.44. The molecule has 0 saturated carbocycles. The quantitative estimate of drug-likeness (QED) is 0.391. The molecule has 0 spiro atoms. The molecule has 0 aromatic carbocycles. The third-order valence-electron chi connectivity index (χ3n) is 7.00. The fourth-order valence-corrected chi connectivity index (χ4v) is 4.99. The monoisotopic (exact) mass is 500 g/mol. The van der Waals surface area contributed by atoms with Gasteiger partial charge in [0.2, 0.25) is 5.95 Å². The van der Waals surface area contributed by atoms with E-state index >= 15 is 0 Å². The fourth-order valence-electron chi connectivity index (χ4n) is 4.99. The lowest BCUT2D eigenvalue weighted by Gasteiger charge is -2.32. The van der Waals surface area contributed by atoms with Crippen LogP contribution in [0.15, 0.2) is 47.1 Å². The van der Waals surface area contributed by atoms with Crippen molar-refractivity contribution in [2.45, 2.75) is 32.4 Å². The molecule has 2 aliphatic rings. The van der Waals surface area contributed by atoms with E-state index in [1.54, 1.807) is 6.20 Å². The van der Waals surface area contributed by atoms with Crippen LogP contribution in [-0.2, 0) is 6.54 Å². The third kappa shape index (κ3) is 5.32. The van der Waals surface area contributed by atoms with Crippen molar-refractivity contribution < 1.29 is 4.52 Å². The number of hydrogen-bond donors (Lipinski definition) is 2. The van der Waals surface area contributed by atoms with Crippen LogP contribution in [0.1, 0.15) is 36.0 Å². The van der Waals surface area contributed by atoms with Crippen LogP contribution in [0.2, 0.25) is 0 Å². The average Bonchev–Trinajstić information content (AvgIpc) is 3.67. The van der Waals surface area contributed by atoms with Crippen molar-refractivity contribution >= 4 is 17.6 Å². The van der Waals surface area contributed by atoms with Gasteiger partial charge in [0.25, 0.3) is 0 Å². The number of rotatable bonds is 7. The highest BCUT2D eigenvalue weighted by Crippen LogP contribution is 2.36. The van der Waals surface area contributed by atoms with Gasteiger partial charge < -0.3 is 19.6 Å². The molecule has 0 bridgehead atoms. The molecular formula is C26H32N10O. The summed E-state index contributed by atoms with van der Waals surface area (Å²) < 4.78 is 5.82. The standard InChI is InChI=1S/C26H32N10O/c1-18-14-25(32-31-18)29-24-15-19(17-35-12-10-34(2)11-13-35)28-26(30-24)36-9-5-7-22(36)23-16-21(33-37-23)20-6-3-4-8-27-20/h3-4,6,8,14-16,22H,5,7,9-13,17H2,1-2H3,(H2,28,29,30,31,32). The maximum atomic E-state index is 5.82. The second-order valence-corrected chi connectivity index (χ2v) is 9.87. The van der Waals surface area contributed by atoms with Crippen molar-refractivity contribution in [3.8, 4) is 11.4 Å². The number of piperazine rings is 1. The van der Waals surface area contributed by atoms with Gasteiger partial charge in [-0.25, -0.2) is 4.98 Å². The van der Waals surface area contributed by atoms with E-state index in [1.165, 1.54) is 0 Å². The first-order chi connectivity index (χ1) is 18.1. The lowest BCUT2D eigenvalue weighted by molar-refractivity contribution is 0.147. The molecule has 2 saturated heterocycles. The highest BCUT2D eigenvalue weighted by Gasteiger charge is 2.32. The highest BCUT2D eigenvalue weighted by molar-refractivity contribution is 5.56. The molecule has 2 aliphatic heterocycles. The Balaban J connectivity index is 1.29. The van der Waals surface area contributed by atoms with E-state index in [0.717, 1.165) is 92.3 Å². The summed E-state index contributed by atoms with van der Waals surface area (Å²) in [5.74, 6) is 2.97. The van der Waals surface area contributed by atoms with Gasteiger partial charge >= 0.3 is 0 Å². The molecule has 4 aromatic rings. The summed E-state index contributed by atoms with van der Waals surface area (Å²) in [5.41, 5.74) is 3.52. The second kappa shape index (κ2) is 10.3. The largest absolute Gasteiger partial charge is 0.358 e. The van der Waals surface area contributed by atoms with E-state index in [1.807, 2.05) is 43.3 Å². The van der Waals surface area contributed by atoms with E-state index in [2.05, 4.69) is 47.4 Å². The first-order valence-electron chi connectivity index (χ1n) is 12.8. The van der Waals surface area contributed by atoms with Gasteiger partial charge in [0.1, 0.15) is 11.5 Å². The van der Waals surface area contributed by atoms with E-state index in [4.69, 9.17) is 14.5 Å². The first kappa shape index (κ1) is 23.6. The van der Waals surface area contributed by atoms with Crippen LogP contribution in [0.3, 0.4) is 0 Å². The van der Waals surface area contributed by atoms with Crippen LogP contribution in [0, 0.1) is 6.92 Å². The second-order valence-electron chi connectivity index (χ2n) is 9.87. The van der Waals surface area contributed by atoms with Gasteiger partial charge in [0.05, 0.1) is 17.4 Å². The molecule has 2 fully saturated rings. The minimum absolute atomic E-state index is 0.0179. The Hall–Kier alpha value is -3.83. The molecule has 1 unspecified atom stereocenters. The van der Waals surface area contributed by atoms with Gasteiger partial charge in [-0.3, -0.25) is 15.0 Å². The minimum Gasteiger partial charge on any atom is -0.358 e. The van der Waals surface area contributed by atoms with E-state index in [9.17, 15) is 0 Å². The van der Waals surface area contributed by atoms with Crippen LogP contribution in [0.5, 0.6) is 0 Å². The van der Waals surface area contributed by atoms with Crippen molar-refractivity contribution in [1.82, 2.24) is 40.1 Å². The van der Waals surface area contributed by atoms with Crippen molar-refractivity contribution in [2.24, 2.45) is 0 Å². The first-order valence-corrected chi connectivity index (χ1v) is 12.8. The van der Waals surface area contributed by atoms with Gasteiger partial charge in [-0.2, -0.15) is 10.1 Å². The summed E-state index contributed by atoms with van der Waals surface area (Å²) in [5, 5.41) is 15.0. The van der Waals surface area contributed by atoms with E-state index < -0.39 is 0 Å². The number of aromatic nitrogens is 6. The zero-order valence-electron chi connectivity index (χ0n) is 21.3. The van der Waals surface area contributed by atoms with Crippen LogP contribution >= 0.6 is 0 Å². The Morgan fingerprint density at radius 3 is 2.70 bits per heavy atom. The molecule has 0 radical (unpaired) electrons. The van der Waals surface area contributed by atoms with Gasteiger partial charge in [-0.05, 0) is 38.9 Å². The SMILES string of the molecule is Cc1cc(Nc2cc(CN3CCN(C)CC3)nc(N3CCCC3c3cc(-c4ccccn4)no3)n2)n[nH]1. The van der Waals surface area contributed by atoms with Gasteiger partial charge in [0.15, 0.2) is 11.6 Å². The molecule has 0 aliphatic carbocycles. The topological polar surface area (TPSA) is 115 Å². The number of aromatic amines is 1. The summed E-state index contributed by atoms with van der Waals surface area (Å²) in [7, 11) is 2.17. The van der Waals surface area contributed by atoms with Crippen molar-refractivity contribution in [3.63, 3.8) is 0 Å². The number of anilines is 3. The molecular weight excluding hydrogens is 468 g/mol. The molecule has 11 nitrogen and oxygen atoms in total. The van der Waals surface area contributed by atoms with Crippen molar-refractivity contribution in [2.75, 3.05) is 50.0 Å². The molecule has 192 valence electrons. The number of aryl methyl sites for hydroxylation is 1. The Morgan fingerprint density at radius 2 is 1.92 bits per heavy atom. The zero-order chi connectivity index (χ0) is 25.2. The Kier molecular flexibility index (Phi) is 6.54. The Bertz CT molecular complexity index is 1330. The predicted octanol–water partition coefficient (Wildman–Crippen LogP) is 3.39. The molecule has 37 heavy (non-hydrogen) atoms. The molecule has 2 N–H and O–H groups in total. The van der Waals surface area contributed by atoms with Crippen LogP contribution in [0.4, 0.5) is 17.6 Å². The van der Waals surface area contributed by atoms with Gasteiger partial charge in [-0.15, -0.1) is 0 Å². The van der Waals surface area contributed by atoms with Crippen LogP contribution in [0.25, 0.3) is 11.4 Å². The number of hydrogen-bond acceptors (Lipinski definition) is 10. The van der Waals surface area contributed by atoms with Crippen LogP contribution in [-0.4, -0.2) is 79.9 Å². The lowest BCUT2D eigenvalue weighted by atomic mass is 10.1. The van der Waals surface area contributed by atoms with Gasteiger partial charge in [0, 0.05) is 69.4 Å². The van der Waals surface area contributed by atoms with E-state index in [-0.39, 0.29) is 6.04 Å². The van der Waals surface area contributed by atoms with Crippen molar-refractivity contribution in [1.29, 1.82) is 0 Å². The molecule has 6 heterocycles. The zero-order valence-corrected chi connectivity index (χ0v) is 21.3. The number of likely N-dealkylation sites (N-methyl/N-ethyl adjacent to an activating group) is 1. The molecule has 1 atom stereocenters. The third-order valence-corrected chi connectivity index (χ3v) is 7.00. The summed E-state index contributed by atoms with van der Waals surface area (Å²) in [4.78, 5) is 21.4. The number of nitrogens with zero attached hydrogens (tertiary/aromatic N) is 8. The van der Waals surface area contributed by atoms with Gasteiger partial charge in [-0.1, -0.05) is 11.2 Å². The molecule has 11 heteroatoms. The summed E-state index contributed by atoms with van der Waals surface area (Å²) in [6.45, 7) is 7.79. The number of pyridine rings is 1. The molecule has 0 amide bonds. The highest BCUT2D eigenvalue weighted by atomic mass is 16.5. The Labute approximate surface area is 215 Å². The summed E-state index contributed by atoms with van der Waals surface area (Å²) in [6.07, 6.45) is 3.74.